The number of rotatable bonds is 5. The number of aliphatic hydroxyl groups is 1. The van der Waals surface area contributed by atoms with Gasteiger partial charge in [0.2, 0.25) is 0 Å². The molecule has 0 aromatic heterocycles. The minimum Gasteiger partial charge on any atom is -0.396 e. The molecule has 8 heteroatoms. The van der Waals surface area contributed by atoms with Gasteiger partial charge in [0.15, 0.2) is 19.7 Å². The summed E-state index contributed by atoms with van der Waals surface area (Å²) in [7, 11) is -7.11. The van der Waals surface area contributed by atoms with Crippen molar-refractivity contribution in [3.8, 4) is 0 Å². The largest absolute Gasteiger partial charge is 0.396 e. The number of aliphatic hydroxyl groups excluding tert-OH is 1. The Hall–Kier alpha value is -0.960. The van der Waals surface area contributed by atoms with E-state index in [9.17, 15) is 21.9 Å². The summed E-state index contributed by atoms with van der Waals surface area (Å²) in [5, 5.41) is 9.21. The topological polar surface area (TPSA) is 115 Å². The molecule has 1 aromatic carbocycles. The van der Waals surface area contributed by atoms with Crippen molar-refractivity contribution in [1.29, 1.82) is 0 Å². The lowest BCUT2D eigenvalue weighted by Crippen LogP contribution is -2.19. The first kappa shape index (κ1) is 16.1. The van der Waals surface area contributed by atoms with E-state index in [1.54, 1.807) is 0 Å². The molecule has 19 heavy (non-hydrogen) atoms. The Balaban J connectivity index is 3.60. The number of hydrogen-bond acceptors (Lipinski definition) is 6. The van der Waals surface area contributed by atoms with E-state index in [-0.39, 0.29) is 22.9 Å². The normalized spacial score (nSPS) is 14.3. The van der Waals surface area contributed by atoms with Gasteiger partial charge in [0.05, 0.1) is 16.4 Å². The zero-order chi connectivity index (χ0) is 14.8. The average Bonchev–Trinajstić information content (AvgIpc) is 2.28. The molecule has 0 fully saturated rings. The lowest BCUT2D eigenvalue weighted by atomic mass is 10.0. The zero-order valence-electron chi connectivity index (χ0n) is 10.7. The summed E-state index contributed by atoms with van der Waals surface area (Å²) >= 11 is 0. The number of benzene rings is 1. The molecule has 6 nitrogen and oxygen atoms in total. The third kappa shape index (κ3) is 3.75. The maximum Gasteiger partial charge on any atom is 0.175 e. The first-order valence-electron chi connectivity index (χ1n) is 5.46. The number of sulfone groups is 2. The second-order valence-corrected chi connectivity index (χ2v) is 8.36. The Kier molecular flexibility index (Phi) is 4.72. The molecule has 0 aliphatic heterocycles. The molecule has 108 valence electrons. The van der Waals surface area contributed by atoms with Crippen molar-refractivity contribution in [1.82, 2.24) is 0 Å². The molecule has 0 radical (unpaired) electrons. The van der Waals surface area contributed by atoms with Crippen molar-refractivity contribution in [3.63, 3.8) is 0 Å². The first-order chi connectivity index (χ1) is 8.61. The molecule has 0 heterocycles. The van der Waals surface area contributed by atoms with Gasteiger partial charge in [0.25, 0.3) is 0 Å². The van der Waals surface area contributed by atoms with Crippen LogP contribution in [0.15, 0.2) is 28.0 Å². The molecule has 0 spiro atoms. The SMILES string of the molecule is CS(=O)(=O)c1ccc(C(CN)CO)c(S(C)(=O)=O)c1. The minimum absolute atomic E-state index is 0.0667. The molecule has 1 unspecified atom stereocenters. The summed E-state index contributed by atoms with van der Waals surface area (Å²) < 4.78 is 46.4. The highest BCUT2D eigenvalue weighted by Gasteiger charge is 2.22. The summed E-state index contributed by atoms with van der Waals surface area (Å²) in [6.45, 7) is -0.242. The van der Waals surface area contributed by atoms with Crippen molar-refractivity contribution in [3.05, 3.63) is 23.8 Å². The molecule has 0 saturated heterocycles. The summed E-state index contributed by atoms with van der Waals surface area (Å²) in [5.74, 6) is -0.543. The summed E-state index contributed by atoms with van der Waals surface area (Å²) in [6, 6.07) is 3.82. The van der Waals surface area contributed by atoms with E-state index in [1.807, 2.05) is 0 Å². The van der Waals surface area contributed by atoms with Gasteiger partial charge in [-0.3, -0.25) is 0 Å². The van der Waals surface area contributed by atoms with Crippen LogP contribution in [0.5, 0.6) is 0 Å². The van der Waals surface area contributed by atoms with Crippen molar-refractivity contribution < 1.29 is 21.9 Å². The van der Waals surface area contributed by atoms with Gasteiger partial charge in [-0.25, -0.2) is 16.8 Å². The Morgan fingerprint density at radius 2 is 1.74 bits per heavy atom. The van der Waals surface area contributed by atoms with Gasteiger partial charge in [-0.1, -0.05) is 6.07 Å². The number of hydrogen-bond donors (Lipinski definition) is 2. The Morgan fingerprint density at radius 1 is 1.16 bits per heavy atom. The third-order valence-electron chi connectivity index (χ3n) is 2.76. The van der Waals surface area contributed by atoms with E-state index in [0.717, 1.165) is 18.6 Å². The van der Waals surface area contributed by atoms with Crippen LogP contribution < -0.4 is 5.73 Å². The third-order valence-corrected chi connectivity index (χ3v) is 5.02. The van der Waals surface area contributed by atoms with Crippen molar-refractivity contribution in [2.24, 2.45) is 5.73 Å². The second-order valence-electron chi connectivity index (χ2n) is 4.36. The highest BCUT2D eigenvalue weighted by molar-refractivity contribution is 7.91. The smallest absolute Gasteiger partial charge is 0.175 e. The van der Waals surface area contributed by atoms with E-state index in [0.29, 0.717) is 5.56 Å². The van der Waals surface area contributed by atoms with Crippen LogP contribution in [-0.4, -0.2) is 47.6 Å². The molecule has 1 atom stereocenters. The van der Waals surface area contributed by atoms with E-state index in [4.69, 9.17) is 5.73 Å². The van der Waals surface area contributed by atoms with Crippen molar-refractivity contribution in [2.75, 3.05) is 25.7 Å². The van der Waals surface area contributed by atoms with Gasteiger partial charge in [0.1, 0.15) is 0 Å². The molecule has 0 saturated carbocycles. The Bertz CT molecular complexity index is 660. The van der Waals surface area contributed by atoms with E-state index in [1.165, 1.54) is 12.1 Å². The molecule has 1 aromatic rings. The fourth-order valence-electron chi connectivity index (χ4n) is 1.70. The van der Waals surface area contributed by atoms with Gasteiger partial charge in [0, 0.05) is 25.0 Å². The monoisotopic (exact) mass is 307 g/mol. The molecule has 0 aliphatic rings. The quantitative estimate of drug-likeness (QED) is 0.760. The maximum absolute atomic E-state index is 11.8. The Morgan fingerprint density at radius 3 is 2.11 bits per heavy atom. The van der Waals surface area contributed by atoms with Crippen LogP contribution in [0.3, 0.4) is 0 Å². The van der Waals surface area contributed by atoms with Crippen LogP contribution in [0.1, 0.15) is 11.5 Å². The number of nitrogens with two attached hydrogens (primary N) is 1. The fraction of sp³-hybridized carbons (Fsp3) is 0.455. The standard InChI is InChI=1S/C11H17NO5S2/c1-18(14,15)9-3-4-10(8(6-12)7-13)11(5-9)19(2,16)17/h3-5,8,13H,6-7,12H2,1-2H3. The molecule has 0 aliphatic carbocycles. The lowest BCUT2D eigenvalue weighted by Gasteiger charge is -2.16. The van der Waals surface area contributed by atoms with E-state index in [2.05, 4.69) is 0 Å². The van der Waals surface area contributed by atoms with Crippen molar-refractivity contribution in [2.45, 2.75) is 15.7 Å². The molecular weight excluding hydrogens is 290 g/mol. The first-order valence-corrected chi connectivity index (χ1v) is 9.24. The summed E-state index contributed by atoms with van der Waals surface area (Å²) in [4.78, 5) is -0.190. The van der Waals surface area contributed by atoms with E-state index >= 15 is 0 Å². The zero-order valence-corrected chi connectivity index (χ0v) is 12.3. The average molecular weight is 307 g/mol. The molecule has 1 rings (SSSR count). The van der Waals surface area contributed by atoms with Gasteiger partial charge in [-0.05, 0) is 17.7 Å². The predicted octanol–water partition coefficient (Wildman–Crippen LogP) is -0.472. The van der Waals surface area contributed by atoms with Crippen molar-refractivity contribution >= 4 is 19.7 Å². The van der Waals surface area contributed by atoms with E-state index < -0.39 is 25.6 Å². The lowest BCUT2D eigenvalue weighted by molar-refractivity contribution is 0.266. The highest BCUT2D eigenvalue weighted by Crippen LogP contribution is 2.26. The van der Waals surface area contributed by atoms with Crippen LogP contribution in [0.2, 0.25) is 0 Å². The summed E-state index contributed by atoms with van der Waals surface area (Å²) in [6.07, 6.45) is 1.99. The second kappa shape index (κ2) is 5.58. The van der Waals surface area contributed by atoms with Crippen LogP contribution in [0.4, 0.5) is 0 Å². The van der Waals surface area contributed by atoms with Crippen LogP contribution in [-0.2, 0) is 19.7 Å². The fourth-order valence-corrected chi connectivity index (χ4v) is 3.43. The van der Waals surface area contributed by atoms with Gasteiger partial charge >= 0.3 is 0 Å². The van der Waals surface area contributed by atoms with Crippen LogP contribution >= 0.6 is 0 Å². The van der Waals surface area contributed by atoms with Gasteiger partial charge in [-0.2, -0.15) is 0 Å². The van der Waals surface area contributed by atoms with Crippen LogP contribution in [0, 0.1) is 0 Å². The van der Waals surface area contributed by atoms with Crippen LogP contribution in [0.25, 0.3) is 0 Å². The minimum atomic E-state index is -3.61. The predicted molar refractivity (Wildman–Crippen MR) is 71.5 cm³/mol. The molecule has 0 amide bonds. The maximum atomic E-state index is 11.8. The van der Waals surface area contributed by atoms with Gasteiger partial charge < -0.3 is 10.8 Å². The summed E-state index contributed by atoms with van der Waals surface area (Å²) in [5.41, 5.74) is 5.81. The molecule has 3 N–H and O–H groups in total. The van der Waals surface area contributed by atoms with Gasteiger partial charge in [-0.15, -0.1) is 0 Å². The Labute approximate surface area is 113 Å². The molecule has 0 bridgehead atoms. The molecular formula is C11H17NO5S2. The highest BCUT2D eigenvalue weighted by atomic mass is 32.2.